The quantitative estimate of drug-likeness (QED) is 0.336. The summed E-state index contributed by atoms with van der Waals surface area (Å²) in [5, 5.41) is 3.14. The van der Waals surface area contributed by atoms with Gasteiger partial charge in [-0.3, -0.25) is 9.69 Å². The van der Waals surface area contributed by atoms with Gasteiger partial charge in [0, 0.05) is 25.0 Å². The van der Waals surface area contributed by atoms with E-state index in [1.54, 1.807) is 0 Å². The number of nitrogens with zero attached hydrogens (tertiary/aromatic N) is 1. The molecule has 3 nitrogen and oxygen atoms in total. The molecule has 0 unspecified atom stereocenters. The van der Waals surface area contributed by atoms with Crippen molar-refractivity contribution in [1.29, 1.82) is 0 Å². The monoisotopic (exact) mass is 366 g/mol. The first-order valence-electron chi connectivity index (χ1n) is 11.7. The van der Waals surface area contributed by atoms with E-state index in [1.807, 2.05) is 0 Å². The van der Waals surface area contributed by atoms with E-state index in [1.165, 1.54) is 83.5 Å². The molecule has 1 rings (SSSR count). The lowest BCUT2D eigenvalue weighted by Crippen LogP contribution is -2.39. The van der Waals surface area contributed by atoms with E-state index in [0.29, 0.717) is 18.5 Å². The van der Waals surface area contributed by atoms with Gasteiger partial charge in [-0.15, -0.1) is 0 Å². The van der Waals surface area contributed by atoms with Crippen LogP contribution in [0.1, 0.15) is 117 Å². The summed E-state index contributed by atoms with van der Waals surface area (Å²) in [5.41, 5.74) is 0. The molecule has 1 heterocycles. The predicted octanol–water partition coefficient (Wildman–Crippen LogP) is 6.07. The minimum absolute atomic E-state index is 0.255. The average molecular weight is 367 g/mol. The van der Waals surface area contributed by atoms with Crippen LogP contribution in [0.4, 0.5) is 0 Å². The lowest BCUT2D eigenvalue weighted by molar-refractivity contribution is -0.122. The molecule has 1 fully saturated rings. The Bertz CT molecular complexity index is 343. The third-order valence-electron chi connectivity index (χ3n) is 5.86. The van der Waals surface area contributed by atoms with Gasteiger partial charge in [-0.2, -0.15) is 0 Å². The van der Waals surface area contributed by atoms with Crippen molar-refractivity contribution < 1.29 is 4.79 Å². The first kappa shape index (κ1) is 23.5. The Balaban J connectivity index is 1.86. The van der Waals surface area contributed by atoms with Crippen LogP contribution in [-0.4, -0.2) is 36.0 Å². The minimum Gasteiger partial charge on any atom is -0.356 e. The summed E-state index contributed by atoms with van der Waals surface area (Å²) in [6.07, 6.45) is 19.5. The number of carbonyl (C=O) groups excluding carboxylic acids is 1. The maximum atomic E-state index is 12.1. The standard InChI is InChI=1S/C23H46N2O/c1-4-5-6-7-8-9-10-11-12-13-14-15-18-24-23(26)20-22-17-16-19-25(22)21(2)3/h21-22H,4-20H2,1-3H3,(H,24,26)/t22-/m0/s1. The van der Waals surface area contributed by atoms with Gasteiger partial charge in [-0.05, 0) is 39.7 Å². The van der Waals surface area contributed by atoms with Crippen LogP contribution in [0.25, 0.3) is 0 Å². The first-order valence-corrected chi connectivity index (χ1v) is 11.7. The van der Waals surface area contributed by atoms with Crippen LogP contribution in [0.3, 0.4) is 0 Å². The van der Waals surface area contributed by atoms with E-state index in [-0.39, 0.29) is 5.91 Å². The number of amides is 1. The molecule has 1 aliphatic heterocycles. The molecule has 0 aromatic heterocycles. The van der Waals surface area contributed by atoms with E-state index in [2.05, 4.69) is 31.0 Å². The highest BCUT2D eigenvalue weighted by molar-refractivity contribution is 5.76. The molecule has 0 aromatic rings. The Hall–Kier alpha value is -0.570. The summed E-state index contributed by atoms with van der Waals surface area (Å²) in [7, 11) is 0. The Morgan fingerprint density at radius 2 is 1.46 bits per heavy atom. The van der Waals surface area contributed by atoms with Gasteiger partial charge >= 0.3 is 0 Å². The first-order chi connectivity index (χ1) is 12.6. The molecular formula is C23H46N2O. The summed E-state index contributed by atoms with van der Waals surface area (Å²) in [4.78, 5) is 14.6. The van der Waals surface area contributed by atoms with Crippen LogP contribution in [0.2, 0.25) is 0 Å². The van der Waals surface area contributed by atoms with Crippen LogP contribution in [0.5, 0.6) is 0 Å². The Morgan fingerprint density at radius 1 is 0.923 bits per heavy atom. The summed E-state index contributed by atoms with van der Waals surface area (Å²) in [5.74, 6) is 0.255. The lowest BCUT2D eigenvalue weighted by Gasteiger charge is -2.27. The average Bonchev–Trinajstić information content (AvgIpc) is 3.07. The van der Waals surface area contributed by atoms with Gasteiger partial charge in [0.15, 0.2) is 0 Å². The zero-order valence-corrected chi connectivity index (χ0v) is 18.0. The van der Waals surface area contributed by atoms with Gasteiger partial charge in [-0.25, -0.2) is 0 Å². The van der Waals surface area contributed by atoms with Gasteiger partial charge in [0.25, 0.3) is 0 Å². The highest BCUT2D eigenvalue weighted by Gasteiger charge is 2.27. The van der Waals surface area contributed by atoms with Crippen molar-refractivity contribution >= 4 is 5.91 Å². The molecule has 0 aliphatic carbocycles. The maximum Gasteiger partial charge on any atom is 0.221 e. The van der Waals surface area contributed by atoms with E-state index < -0.39 is 0 Å². The maximum absolute atomic E-state index is 12.1. The van der Waals surface area contributed by atoms with Crippen molar-refractivity contribution in [3.63, 3.8) is 0 Å². The smallest absolute Gasteiger partial charge is 0.221 e. The van der Waals surface area contributed by atoms with Gasteiger partial charge in [0.05, 0.1) is 0 Å². The van der Waals surface area contributed by atoms with Crippen LogP contribution >= 0.6 is 0 Å². The van der Waals surface area contributed by atoms with Crippen LogP contribution in [0, 0.1) is 0 Å². The number of unbranched alkanes of at least 4 members (excludes halogenated alkanes) is 11. The second kappa shape index (κ2) is 15.5. The molecule has 0 radical (unpaired) electrons. The fourth-order valence-corrected chi connectivity index (χ4v) is 4.24. The molecule has 0 spiro atoms. The summed E-state index contributed by atoms with van der Waals surface area (Å²) >= 11 is 0. The van der Waals surface area contributed by atoms with Crippen molar-refractivity contribution in [2.75, 3.05) is 13.1 Å². The van der Waals surface area contributed by atoms with E-state index in [9.17, 15) is 4.79 Å². The number of rotatable bonds is 16. The third-order valence-corrected chi connectivity index (χ3v) is 5.86. The van der Waals surface area contributed by atoms with Crippen molar-refractivity contribution in [2.45, 2.75) is 129 Å². The van der Waals surface area contributed by atoms with Crippen molar-refractivity contribution in [3.8, 4) is 0 Å². The second-order valence-electron chi connectivity index (χ2n) is 8.57. The largest absolute Gasteiger partial charge is 0.356 e. The predicted molar refractivity (Wildman–Crippen MR) is 114 cm³/mol. The Morgan fingerprint density at radius 3 is 2.00 bits per heavy atom. The van der Waals surface area contributed by atoms with E-state index in [4.69, 9.17) is 0 Å². The Labute approximate surface area is 163 Å². The highest BCUT2D eigenvalue weighted by Crippen LogP contribution is 2.22. The van der Waals surface area contributed by atoms with Crippen molar-refractivity contribution in [1.82, 2.24) is 10.2 Å². The van der Waals surface area contributed by atoms with Crippen molar-refractivity contribution in [2.24, 2.45) is 0 Å². The highest BCUT2D eigenvalue weighted by atomic mass is 16.1. The number of carbonyl (C=O) groups is 1. The summed E-state index contributed by atoms with van der Waals surface area (Å²) in [6, 6.07) is 1.03. The molecule has 1 N–H and O–H groups in total. The van der Waals surface area contributed by atoms with Gasteiger partial charge < -0.3 is 5.32 Å². The summed E-state index contributed by atoms with van der Waals surface area (Å²) < 4.78 is 0. The molecule has 1 amide bonds. The van der Waals surface area contributed by atoms with Crippen molar-refractivity contribution in [3.05, 3.63) is 0 Å². The molecule has 1 atom stereocenters. The molecule has 154 valence electrons. The fraction of sp³-hybridized carbons (Fsp3) is 0.957. The fourth-order valence-electron chi connectivity index (χ4n) is 4.24. The number of nitrogens with one attached hydrogen (secondary N) is 1. The molecule has 3 heteroatoms. The van der Waals surface area contributed by atoms with Crippen LogP contribution < -0.4 is 5.32 Å². The molecule has 26 heavy (non-hydrogen) atoms. The Kier molecular flexibility index (Phi) is 14.0. The molecule has 0 saturated carbocycles. The van der Waals surface area contributed by atoms with E-state index in [0.717, 1.165) is 19.5 Å². The zero-order chi connectivity index (χ0) is 19.0. The number of likely N-dealkylation sites (tertiary alicyclic amines) is 1. The van der Waals surface area contributed by atoms with Gasteiger partial charge in [0.2, 0.25) is 5.91 Å². The molecule has 1 aliphatic rings. The lowest BCUT2D eigenvalue weighted by atomic mass is 10.1. The molecule has 0 aromatic carbocycles. The normalized spacial score (nSPS) is 17.9. The molecule has 1 saturated heterocycles. The second-order valence-corrected chi connectivity index (χ2v) is 8.57. The van der Waals surface area contributed by atoms with Gasteiger partial charge in [-0.1, -0.05) is 77.6 Å². The zero-order valence-electron chi connectivity index (χ0n) is 18.0. The molecular weight excluding hydrogens is 320 g/mol. The SMILES string of the molecule is CCCCCCCCCCCCCCNC(=O)C[C@@H]1CCCN1C(C)C. The summed E-state index contributed by atoms with van der Waals surface area (Å²) in [6.45, 7) is 8.78. The molecule has 0 bridgehead atoms. The van der Waals surface area contributed by atoms with E-state index >= 15 is 0 Å². The number of hydrogen-bond acceptors (Lipinski definition) is 2. The van der Waals surface area contributed by atoms with Crippen LogP contribution in [0.15, 0.2) is 0 Å². The third kappa shape index (κ3) is 11.2. The number of hydrogen-bond donors (Lipinski definition) is 1. The minimum atomic E-state index is 0.255. The van der Waals surface area contributed by atoms with Gasteiger partial charge in [0.1, 0.15) is 0 Å². The topological polar surface area (TPSA) is 32.3 Å². The van der Waals surface area contributed by atoms with Crippen LogP contribution in [-0.2, 0) is 4.79 Å².